The molecule has 0 unspecified atom stereocenters. The highest BCUT2D eigenvalue weighted by atomic mass is 16.5. The van der Waals surface area contributed by atoms with E-state index in [1.165, 1.54) is 0 Å². The number of carbonyl (C=O) groups excluding carboxylic acids is 2. The number of aromatic nitrogens is 2. The van der Waals surface area contributed by atoms with Gasteiger partial charge < -0.3 is 9.30 Å². The SMILES string of the molecule is CCc1ccc(C(=O)COC(=O)Cn2cnc3ccccc32)cc1. The van der Waals surface area contributed by atoms with Gasteiger partial charge in [0, 0.05) is 5.56 Å². The van der Waals surface area contributed by atoms with E-state index in [-0.39, 0.29) is 18.9 Å². The molecule has 0 saturated heterocycles. The maximum atomic E-state index is 12.1. The Balaban J connectivity index is 1.57. The molecule has 0 spiro atoms. The molecule has 0 fully saturated rings. The summed E-state index contributed by atoms with van der Waals surface area (Å²) >= 11 is 0. The largest absolute Gasteiger partial charge is 0.456 e. The van der Waals surface area contributed by atoms with Gasteiger partial charge in [-0.15, -0.1) is 0 Å². The number of carbonyl (C=O) groups is 2. The first-order valence-corrected chi connectivity index (χ1v) is 7.85. The van der Waals surface area contributed by atoms with Crippen molar-refractivity contribution >= 4 is 22.8 Å². The third-order valence-corrected chi connectivity index (χ3v) is 3.88. The van der Waals surface area contributed by atoms with Crippen LogP contribution in [0.4, 0.5) is 0 Å². The minimum absolute atomic E-state index is 0.0303. The summed E-state index contributed by atoms with van der Waals surface area (Å²) in [7, 11) is 0. The standard InChI is InChI=1S/C19H18N2O3/c1-2-14-7-9-15(10-8-14)18(22)12-24-19(23)11-21-13-20-16-5-3-4-6-17(16)21/h3-10,13H,2,11-12H2,1H3. The molecule has 5 nitrogen and oxygen atoms in total. The van der Waals surface area contributed by atoms with Gasteiger partial charge in [0.15, 0.2) is 12.4 Å². The highest BCUT2D eigenvalue weighted by Gasteiger charge is 2.12. The van der Waals surface area contributed by atoms with Crippen molar-refractivity contribution in [1.82, 2.24) is 9.55 Å². The molecule has 0 aliphatic rings. The summed E-state index contributed by atoms with van der Waals surface area (Å²) in [6.07, 6.45) is 2.51. The van der Waals surface area contributed by atoms with Crippen LogP contribution >= 0.6 is 0 Å². The summed E-state index contributed by atoms with van der Waals surface area (Å²) in [4.78, 5) is 28.3. The zero-order valence-corrected chi connectivity index (χ0v) is 13.4. The zero-order chi connectivity index (χ0) is 16.9. The maximum absolute atomic E-state index is 12.1. The lowest BCUT2D eigenvalue weighted by molar-refractivity contribution is -0.143. The molecule has 5 heteroatoms. The fraction of sp³-hybridized carbons (Fsp3) is 0.211. The van der Waals surface area contributed by atoms with E-state index in [0.717, 1.165) is 23.0 Å². The van der Waals surface area contributed by atoms with E-state index in [9.17, 15) is 9.59 Å². The number of rotatable bonds is 6. The summed E-state index contributed by atoms with van der Waals surface area (Å²) in [5.41, 5.74) is 3.39. The van der Waals surface area contributed by atoms with Crippen molar-refractivity contribution in [3.05, 3.63) is 66.0 Å². The normalized spacial score (nSPS) is 10.7. The third kappa shape index (κ3) is 3.51. The number of Topliss-reactive ketones (excluding diaryl/α,β-unsaturated/α-hetero) is 1. The Labute approximate surface area is 139 Å². The number of ether oxygens (including phenoxy) is 1. The smallest absolute Gasteiger partial charge is 0.326 e. The number of benzene rings is 2. The molecule has 0 bridgehead atoms. The summed E-state index contributed by atoms with van der Waals surface area (Å²) in [5.74, 6) is -0.668. The van der Waals surface area contributed by atoms with Gasteiger partial charge in [0.2, 0.25) is 0 Å². The van der Waals surface area contributed by atoms with Crippen LogP contribution in [0.3, 0.4) is 0 Å². The van der Waals surface area contributed by atoms with Gasteiger partial charge in [0.1, 0.15) is 6.54 Å². The van der Waals surface area contributed by atoms with Gasteiger partial charge in [-0.05, 0) is 24.1 Å². The first kappa shape index (κ1) is 15.9. The number of hydrogen-bond donors (Lipinski definition) is 0. The number of fused-ring (bicyclic) bond motifs is 1. The molecule has 3 aromatic rings. The van der Waals surface area contributed by atoms with Crippen molar-refractivity contribution in [1.29, 1.82) is 0 Å². The van der Waals surface area contributed by atoms with Crippen LogP contribution < -0.4 is 0 Å². The van der Waals surface area contributed by atoms with E-state index >= 15 is 0 Å². The zero-order valence-electron chi connectivity index (χ0n) is 13.4. The number of aryl methyl sites for hydroxylation is 1. The summed E-state index contributed by atoms with van der Waals surface area (Å²) in [6.45, 7) is 1.83. The molecule has 0 atom stereocenters. The van der Waals surface area contributed by atoms with E-state index in [1.807, 2.05) is 36.4 Å². The quantitative estimate of drug-likeness (QED) is 0.517. The monoisotopic (exact) mass is 322 g/mol. The molecular weight excluding hydrogens is 304 g/mol. The first-order valence-electron chi connectivity index (χ1n) is 7.85. The summed E-state index contributed by atoms with van der Waals surface area (Å²) in [6, 6.07) is 14.9. The second kappa shape index (κ2) is 7.08. The number of nitrogens with zero attached hydrogens (tertiary/aromatic N) is 2. The van der Waals surface area contributed by atoms with Gasteiger partial charge in [-0.1, -0.05) is 43.3 Å². The molecule has 0 aliphatic heterocycles. The van der Waals surface area contributed by atoms with Crippen molar-refractivity contribution < 1.29 is 14.3 Å². The second-order valence-electron chi connectivity index (χ2n) is 5.50. The maximum Gasteiger partial charge on any atom is 0.326 e. The Kier molecular flexibility index (Phi) is 4.70. The number of ketones is 1. The van der Waals surface area contributed by atoms with E-state index < -0.39 is 5.97 Å². The summed E-state index contributed by atoms with van der Waals surface area (Å²) < 4.78 is 6.81. The highest BCUT2D eigenvalue weighted by molar-refractivity contribution is 5.98. The molecular formula is C19H18N2O3. The molecule has 1 heterocycles. The van der Waals surface area contributed by atoms with E-state index in [0.29, 0.717) is 5.56 Å². The molecule has 1 aromatic heterocycles. The Morgan fingerprint density at radius 2 is 1.83 bits per heavy atom. The van der Waals surface area contributed by atoms with E-state index in [4.69, 9.17) is 4.74 Å². The Hall–Kier alpha value is -2.95. The molecule has 24 heavy (non-hydrogen) atoms. The minimum atomic E-state index is -0.461. The van der Waals surface area contributed by atoms with Crippen LogP contribution in [-0.2, 0) is 22.5 Å². The van der Waals surface area contributed by atoms with Gasteiger partial charge in [-0.25, -0.2) is 4.98 Å². The Morgan fingerprint density at radius 1 is 1.08 bits per heavy atom. The lowest BCUT2D eigenvalue weighted by Gasteiger charge is -2.06. The molecule has 0 N–H and O–H groups in total. The number of esters is 1. The number of para-hydroxylation sites is 2. The number of imidazole rings is 1. The summed E-state index contributed by atoms with van der Waals surface area (Å²) in [5, 5.41) is 0. The average Bonchev–Trinajstić information content (AvgIpc) is 3.03. The van der Waals surface area contributed by atoms with Gasteiger partial charge in [-0.2, -0.15) is 0 Å². The molecule has 0 saturated carbocycles. The van der Waals surface area contributed by atoms with Gasteiger partial charge in [-0.3, -0.25) is 9.59 Å². The van der Waals surface area contributed by atoms with Crippen LogP contribution in [0.2, 0.25) is 0 Å². The fourth-order valence-corrected chi connectivity index (χ4v) is 2.48. The lowest BCUT2D eigenvalue weighted by atomic mass is 10.1. The molecule has 3 rings (SSSR count). The van der Waals surface area contributed by atoms with E-state index in [1.54, 1.807) is 23.0 Å². The highest BCUT2D eigenvalue weighted by Crippen LogP contribution is 2.12. The molecule has 122 valence electrons. The van der Waals surface area contributed by atoms with Crippen LogP contribution in [0.1, 0.15) is 22.8 Å². The van der Waals surface area contributed by atoms with Crippen LogP contribution in [0.15, 0.2) is 54.9 Å². The molecule has 2 aromatic carbocycles. The van der Waals surface area contributed by atoms with E-state index in [2.05, 4.69) is 11.9 Å². The van der Waals surface area contributed by atoms with Crippen molar-refractivity contribution in [2.45, 2.75) is 19.9 Å². The van der Waals surface area contributed by atoms with Crippen molar-refractivity contribution in [3.63, 3.8) is 0 Å². The van der Waals surface area contributed by atoms with Crippen LogP contribution in [-0.4, -0.2) is 27.9 Å². The average molecular weight is 322 g/mol. The molecule has 0 aliphatic carbocycles. The van der Waals surface area contributed by atoms with Crippen molar-refractivity contribution in [3.8, 4) is 0 Å². The Bertz CT molecular complexity index is 866. The fourth-order valence-electron chi connectivity index (χ4n) is 2.48. The Morgan fingerprint density at radius 3 is 2.58 bits per heavy atom. The third-order valence-electron chi connectivity index (χ3n) is 3.88. The van der Waals surface area contributed by atoms with Crippen LogP contribution in [0, 0.1) is 0 Å². The number of hydrogen-bond acceptors (Lipinski definition) is 4. The van der Waals surface area contributed by atoms with Crippen LogP contribution in [0.25, 0.3) is 11.0 Å². The second-order valence-corrected chi connectivity index (χ2v) is 5.50. The minimum Gasteiger partial charge on any atom is -0.456 e. The predicted octanol–water partition coefficient (Wildman–Crippen LogP) is 3.02. The van der Waals surface area contributed by atoms with Crippen LogP contribution in [0.5, 0.6) is 0 Å². The first-order chi connectivity index (χ1) is 11.7. The predicted molar refractivity (Wildman–Crippen MR) is 90.8 cm³/mol. The van der Waals surface area contributed by atoms with Gasteiger partial charge in [0.05, 0.1) is 17.4 Å². The van der Waals surface area contributed by atoms with Crippen molar-refractivity contribution in [2.75, 3.05) is 6.61 Å². The lowest BCUT2D eigenvalue weighted by Crippen LogP contribution is -2.18. The molecule has 0 radical (unpaired) electrons. The topological polar surface area (TPSA) is 61.2 Å². The van der Waals surface area contributed by atoms with Gasteiger partial charge >= 0.3 is 5.97 Å². The molecule has 0 amide bonds. The van der Waals surface area contributed by atoms with Gasteiger partial charge in [0.25, 0.3) is 0 Å². The van der Waals surface area contributed by atoms with Crippen molar-refractivity contribution in [2.24, 2.45) is 0 Å².